The summed E-state index contributed by atoms with van der Waals surface area (Å²) < 4.78 is 0. The molecule has 0 aromatic carbocycles. The molecule has 2 nitrogen and oxygen atoms in total. The van der Waals surface area contributed by atoms with Crippen LogP contribution in [0.25, 0.3) is 0 Å². The summed E-state index contributed by atoms with van der Waals surface area (Å²) in [5, 5.41) is 6.50. The number of allylic oxidation sites excluding steroid dienone is 2. The zero-order chi connectivity index (χ0) is 12.9. The predicted molar refractivity (Wildman–Crippen MR) is 78.0 cm³/mol. The van der Waals surface area contributed by atoms with E-state index in [0.717, 1.165) is 13.1 Å². The molecule has 1 aliphatic heterocycles. The summed E-state index contributed by atoms with van der Waals surface area (Å²) in [6, 6.07) is 0. The van der Waals surface area contributed by atoms with Gasteiger partial charge in [0, 0.05) is 24.5 Å². The molecule has 0 fully saturated rings. The van der Waals surface area contributed by atoms with Crippen LogP contribution >= 0.6 is 0 Å². The second-order valence-corrected chi connectivity index (χ2v) is 4.87. The fourth-order valence-corrected chi connectivity index (χ4v) is 1.80. The average Bonchev–Trinajstić information content (AvgIpc) is 2.34. The summed E-state index contributed by atoms with van der Waals surface area (Å²) in [6.45, 7) is 10.8. The van der Waals surface area contributed by atoms with E-state index in [1.54, 1.807) is 0 Å². The molecule has 0 amide bonds. The van der Waals surface area contributed by atoms with Gasteiger partial charge in [-0.3, -0.25) is 0 Å². The standard InChI is InChI=1S/C9H20.C6H12N2/c1-3-5-7-9-8-6-4-2;1-5-6(2)8-4-3-7-5/h3-9H2,1-2H3;7-8H,3-4H2,1-2H3. The van der Waals surface area contributed by atoms with E-state index >= 15 is 0 Å². The Balaban J connectivity index is 0.000000302. The maximum Gasteiger partial charge on any atom is 0.0318 e. The smallest absolute Gasteiger partial charge is 0.0318 e. The molecule has 1 aliphatic rings. The zero-order valence-corrected chi connectivity index (χ0v) is 12.4. The van der Waals surface area contributed by atoms with Crippen molar-refractivity contribution in [2.75, 3.05) is 13.1 Å². The Bertz CT molecular complexity index is 177. The highest BCUT2D eigenvalue weighted by atomic mass is 15.0. The first-order valence-electron chi connectivity index (χ1n) is 7.37. The van der Waals surface area contributed by atoms with E-state index in [1.807, 2.05) is 0 Å². The van der Waals surface area contributed by atoms with Crippen molar-refractivity contribution in [2.45, 2.75) is 72.6 Å². The summed E-state index contributed by atoms with van der Waals surface area (Å²) in [5.41, 5.74) is 2.55. The molecule has 1 heterocycles. The lowest BCUT2D eigenvalue weighted by Crippen LogP contribution is -2.33. The number of rotatable bonds is 6. The highest BCUT2D eigenvalue weighted by Gasteiger charge is 1.99. The summed E-state index contributed by atoms with van der Waals surface area (Å²) in [5.74, 6) is 0. The maximum absolute atomic E-state index is 3.25. The van der Waals surface area contributed by atoms with Crippen molar-refractivity contribution in [2.24, 2.45) is 0 Å². The molecule has 0 unspecified atom stereocenters. The molecule has 102 valence electrons. The van der Waals surface area contributed by atoms with Crippen molar-refractivity contribution in [3.8, 4) is 0 Å². The Morgan fingerprint density at radius 1 is 0.706 bits per heavy atom. The molecule has 0 aromatic rings. The lowest BCUT2D eigenvalue weighted by atomic mass is 10.1. The molecule has 0 aromatic heterocycles. The third-order valence-corrected chi connectivity index (χ3v) is 3.17. The van der Waals surface area contributed by atoms with Crippen LogP contribution in [0.3, 0.4) is 0 Å². The zero-order valence-electron chi connectivity index (χ0n) is 12.4. The van der Waals surface area contributed by atoms with Crippen LogP contribution < -0.4 is 10.6 Å². The fourth-order valence-electron chi connectivity index (χ4n) is 1.80. The molecule has 0 radical (unpaired) electrons. The topological polar surface area (TPSA) is 24.1 Å². The SMILES string of the molecule is CC1=C(C)NCCN1.CCCCCCCCC. The number of unbranched alkanes of at least 4 members (excludes halogenated alkanes) is 6. The van der Waals surface area contributed by atoms with Gasteiger partial charge in [0.15, 0.2) is 0 Å². The van der Waals surface area contributed by atoms with E-state index in [1.165, 1.54) is 56.3 Å². The molecule has 0 saturated heterocycles. The number of hydrogen-bond donors (Lipinski definition) is 2. The Hall–Kier alpha value is -0.660. The minimum atomic E-state index is 1.06. The van der Waals surface area contributed by atoms with Crippen LogP contribution in [0.4, 0.5) is 0 Å². The first-order chi connectivity index (χ1) is 8.22. The molecule has 1 rings (SSSR count). The minimum Gasteiger partial charge on any atom is -0.385 e. The largest absolute Gasteiger partial charge is 0.385 e. The Morgan fingerprint density at radius 2 is 1.06 bits per heavy atom. The van der Waals surface area contributed by atoms with Crippen molar-refractivity contribution in [3.05, 3.63) is 11.4 Å². The van der Waals surface area contributed by atoms with Crippen molar-refractivity contribution >= 4 is 0 Å². The van der Waals surface area contributed by atoms with E-state index in [-0.39, 0.29) is 0 Å². The van der Waals surface area contributed by atoms with Gasteiger partial charge in [-0.2, -0.15) is 0 Å². The third-order valence-electron chi connectivity index (χ3n) is 3.17. The van der Waals surface area contributed by atoms with Crippen LogP contribution in [0.5, 0.6) is 0 Å². The Morgan fingerprint density at radius 3 is 1.35 bits per heavy atom. The molecule has 2 N–H and O–H groups in total. The van der Waals surface area contributed by atoms with Crippen molar-refractivity contribution in [1.82, 2.24) is 10.6 Å². The molecule has 0 saturated carbocycles. The monoisotopic (exact) mass is 240 g/mol. The molecule has 0 spiro atoms. The van der Waals surface area contributed by atoms with Crippen LogP contribution in [0.2, 0.25) is 0 Å². The van der Waals surface area contributed by atoms with Gasteiger partial charge in [0.05, 0.1) is 0 Å². The Kier molecular flexibility index (Phi) is 11.4. The predicted octanol–water partition coefficient (Wildman–Crippen LogP) is 4.19. The lowest BCUT2D eigenvalue weighted by Gasteiger charge is -2.18. The van der Waals surface area contributed by atoms with E-state index in [4.69, 9.17) is 0 Å². The highest BCUT2D eigenvalue weighted by molar-refractivity contribution is 5.08. The van der Waals surface area contributed by atoms with E-state index in [0.29, 0.717) is 0 Å². The van der Waals surface area contributed by atoms with Crippen molar-refractivity contribution in [3.63, 3.8) is 0 Å². The highest BCUT2D eigenvalue weighted by Crippen LogP contribution is 2.05. The second-order valence-electron chi connectivity index (χ2n) is 4.87. The van der Waals surface area contributed by atoms with Gasteiger partial charge in [0.1, 0.15) is 0 Å². The summed E-state index contributed by atoms with van der Waals surface area (Å²) in [4.78, 5) is 0. The Labute approximate surface area is 108 Å². The van der Waals surface area contributed by atoms with E-state index < -0.39 is 0 Å². The summed E-state index contributed by atoms with van der Waals surface area (Å²) in [6.07, 6.45) is 9.97. The molecule has 0 bridgehead atoms. The summed E-state index contributed by atoms with van der Waals surface area (Å²) in [7, 11) is 0. The lowest BCUT2D eigenvalue weighted by molar-refractivity contribution is 0.602. The van der Waals surface area contributed by atoms with Gasteiger partial charge in [-0.15, -0.1) is 0 Å². The molecular weight excluding hydrogens is 208 g/mol. The molecule has 17 heavy (non-hydrogen) atoms. The summed E-state index contributed by atoms with van der Waals surface area (Å²) >= 11 is 0. The van der Waals surface area contributed by atoms with Crippen LogP contribution in [-0.4, -0.2) is 13.1 Å². The molecule has 0 atom stereocenters. The van der Waals surface area contributed by atoms with Crippen LogP contribution in [0, 0.1) is 0 Å². The number of hydrogen-bond acceptors (Lipinski definition) is 2. The average molecular weight is 240 g/mol. The molecule has 0 aliphatic carbocycles. The van der Waals surface area contributed by atoms with E-state index in [9.17, 15) is 0 Å². The van der Waals surface area contributed by atoms with Crippen LogP contribution in [0.15, 0.2) is 11.4 Å². The van der Waals surface area contributed by atoms with E-state index in [2.05, 4.69) is 38.3 Å². The first kappa shape index (κ1) is 16.3. The maximum atomic E-state index is 3.25. The van der Waals surface area contributed by atoms with Gasteiger partial charge in [-0.25, -0.2) is 0 Å². The normalized spacial score (nSPS) is 14.6. The minimum absolute atomic E-state index is 1.06. The van der Waals surface area contributed by atoms with Gasteiger partial charge >= 0.3 is 0 Å². The molecular formula is C15H32N2. The van der Waals surface area contributed by atoms with Crippen LogP contribution in [0.1, 0.15) is 72.6 Å². The van der Waals surface area contributed by atoms with Crippen molar-refractivity contribution < 1.29 is 0 Å². The van der Waals surface area contributed by atoms with Gasteiger partial charge in [0.25, 0.3) is 0 Å². The van der Waals surface area contributed by atoms with Gasteiger partial charge < -0.3 is 10.6 Å². The van der Waals surface area contributed by atoms with Crippen molar-refractivity contribution in [1.29, 1.82) is 0 Å². The number of nitrogens with one attached hydrogen (secondary N) is 2. The fraction of sp³-hybridized carbons (Fsp3) is 0.867. The second kappa shape index (κ2) is 11.8. The molecule has 2 heteroatoms. The third kappa shape index (κ3) is 10.2. The van der Waals surface area contributed by atoms with Gasteiger partial charge in [0.2, 0.25) is 0 Å². The van der Waals surface area contributed by atoms with Crippen LogP contribution in [-0.2, 0) is 0 Å². The van der Waals surface area contributed by atoms with Gasteiger partial charge in [-0.1, -0.05) is 58.8 Å². The van der Waals surface area contributed by atoms with Gasteiger partial charge in [-0.05, 0) is 13.8 Å². The quantitative estimate of drug-likeness (QED) is 0.680. The first-order valence-corrected chi connectivity index (χ1v) is 7.37.